The molecule has 0 amide bonds. The third-order valence-electron chi connectivity index (χ3n) is 2.84. The molecule has 0 saturated heterocycles. The van der Waals surface area contributed by atoms with Crippen LogP contribution in [-0.2, 0) is 0 Å². The van der Waals surface area contributed by atoms with Gasteiger partial charge in [0.2, 0.25) is 0 Å². The van der Waals surface area contributed by atoms with Crippen LogP contribution in [0.4, 0.5) is 0 Å². The van der Waals surface area contributed by atoms with E-state index >= 15 is 0 Å². The first-order valence-electron chi connectivity index (χ1n) is 5.54. The number of benzene rings is 1. The largest absolute Gasteiger partial charge is 0.497 e. The van der Waals surface area contributed by atoms with E-state index in [0.29, 0.717) is 11.3 Å². The Morgan fingerprint density at radius 1 is 1.17 bits per heavy atom. The fraction of sp³-hybridized carbons (Fsp3) is 0.214. The standard InChI is InChI=1S/C14H13N3O/c1-9-14(10(2)17-8-16-9)13-5-4-12(18-3)6-11(13)7-15/h4-6,8H,1-3H3. The lowest BCUT2D eigenvalue weighted by Crippen LogP contribution is -1.97. The Labute approximate surface area is 106 Å². The van der Waals surface area contributed by atoms with Crippen molar-refractivity contribution in [3.8, 4) is 22.9 Å². The van der Waals surface area contributed by atoms with Gasteiger partial charge in [0, 0.05) is 22.5 Å². The van der Waals surface area contributed by atoms with E-state index in [2.05, 4.69) is 16.0 Å². The summed E-state index contributed by atoms with van der Waals surface area (Å²) in [6, 6.07) is 7.62. The molecular formula is C14H13N3O. The smallest absolute Gasteiger partial charge is 0.120 e. The zero-order valence-electron chi connectivity index (χ0n) is 10.6. The number of nitriles is 1. The first-order chi connectivity index (χ1) is 8.67. The molecule has 0 fully saturated rings. The van der Waals surface area contributed by atoms with Crippen molar-refractivity contribution in [3.05, 3.63) is 41.5 Å². The Hall–Kier alpha value is -2.41. The van der Waals surface area contributed by atoms with Crippen LogP contribution in [0.25, 0.3) is 11.1 Å². The average Bonchev–Trinajstić information content (AvgIpc) is 2.38. The summed E-state index contributed by atoms with van der Waals surface area (Å²) in [6.07, 6.45) is 1.53. The van der Waals surface area contributed by atoms with Crippen molar-refractivity contribution in [1.29, 1.82) is 5.26 Å². The highest BCUT2D eigenvalue weighted by molar-refractivity contribution is 5.74. The second-order valence-corrected chi connectivity index (χ2v) is 3.94. The lowest BCUT2D eigenvalue weighted by Gasteiger charge is -2.10. The second kappa shape index (κ2) is 4.84. The minimum absolute atomic E-state index is 0.565. The highest BCUT2D eigenvalue weighted by Gasteiger charge is 2.12. The van der Waals surface area contributed by atoms with Gasteiger partial charge in [-0.05, 0) is 32.0 Å². The summed E-state index contributed by atoms with van der Waals surface area (Å²) in [5.41, 5.74) is 4.05. The number of methoxy groups -OCH3 is 1. The van der Waals surface area contributed by atoms with Crippen LogP contribution in [0.3, 0.4) is 0 Å². The first kappa shape index (κ1) is 12.1. The number of aromatic nitrogens is 2. The molecule has 0 N–H and O–H groups in total. The summed E-state index contributed by atoms with van der Waals surface area (Å²) < 4.78 is 5.13. The van der Waals surface area contributed by atoms with E-state index in [0.717, 1.165) is 22.5 Å². The van der Waals surface area contributed by atoms with Crippen LogP contribution < -0.4 is 4.74 Å². The topological polar surface area (TPSA) is 58.8 Å². The molecule has 0 aliphatic carbocycles. The van der Waals surface area contributed by atoms with Gasteiger partial charge in [0.1, 0.15) is 12.1 Å². The van der Waals surface area contributed by atoms with Crippen LogP contribution in [0, 0.1) is 25.2 Å². The van der Waals surface area contributed by atoms with Crippen LogP contribution in [0.15, 0.2) is 24.5 Å². The molecule has 0 atom stereocenters. The van der Waals surface area contributed by atoms with Gasteiger partial charge in [0.05, 0.1) is 18.7 Å². The van der Waals surface area contributed by atoms with Crippen LogP contribution in [0.2, 0.25) is 0 Å². The minimum atomic E-state index is 0.565. The van der Waals surface area contributed by atoms with E-state index in [1.807, 2.05) is 26.0 Å². The van der Waals surface area contributed by atoms with E-state index in [9.17, 15) is 5.26 Å². The quantitative estimate of drug-likeness (QED) is 0.808. The molecule has 4 heteroatoms. The second-order valence-electron chi connectivity index (χ2n) is 3.94. The number of hydrogen-bond acceptors (Lipinski definition) is 4. The fourth-order valence-electron chi connectivity index (χ4n) is 1.94. The number of nitrogens with zero attached hydrogens (tertiary/aromatic N) is 3. The Morgan fingerprint density at radius 2 is 1.83 bits per heavy atom. The molecule has 0 aliphatic rings. The Balaban J connectivity index is 2.69. The van der Waals surface area contributed by atoms with Gasteiger partial charge in [0.15, 0.2) is 0 Å². The molecule has 0 saturated carbocycles. The number of aryl methyl sites for hydroxylation is 2. The van der Waals surface area contributed by atoms with Crippen molar-refractivity contribution in [3.63, 3.8) is 0 Å². The Kier molecular flexibility index (Phi) is 3.24. The third kappa shape index (κ3) is 2.03. The number of hydrogen-bond donors (Lipinski definition) is 0. The normalized spacial score (nSPS) is 9.89. The zero-order valence-corrected chi connectivity index (χ0v) is 10.6. The van der Waals surface area contributed by atoms with Crippen LogP contribution in [0.5, 0.6) is 5.75 Å². The lowest BCUT2D eigenvalue weighted by molar-refractivity contribution is 0.414. The Morgan fingerprint density at radius 3 is 2.39 bits per heavy atom. The predicted molar refractivity (Wildman–Crippen MR) is 68.2 cm³/mol. The highest BCUT2D eigenvalue weighted by Crippen LogP contribution is 2.30. The molecule has 0 bridgehead atoms. The molecule has 0 aliphatic heterocycles. The predicted octanol–water partition coefficient (Wildman–Crippen LogP) is 2.64. The maximum Gasteiger partial charge on any atom is 0.120 e. The molecule has 0 radical (unpaired) electrons. The molecule has 4 nitrogen and oxygen atoms in total. The lowest BCUT2D eigenvalue weighted by atomic mass is 9.98. The summed E-state index contributed by atoms with van der Waals surface area (Å²) in [6.45, 7) is 3.82. The molecule has 90 valence electrons. The van der Waals surface area contributed by atoms with E-state index < -0.39 is 0 Å². The van der Waals surface area contributed by atoms with Gasteiger partial charge in [-0.1, -0.05) is 0 Å². The van der Waals surface area contributed by atoms with Gasteiger partial charge in [0.25, 0.3) is 0 Å². The monoisotopic (exact) mass is 239 g/mol. The summed E-state index contributed by atoms with van der Waals surface area (Å²) in [4.78, 5) is 8.37. The van der Waals surface area contributed by atoms with Gasteiger partial charge >= 0.3 is 0 Å². The van der Waals surface area contributed by atoms with E-state index in [1.54, 1.807) is 13.2 Å². The van der Waals surface area contributed by atoms with Crippen molar-refractivity contribution < 1.29 is 4.74 Å². The third-order valence-corrected chi connectivity index (χ3v) is 2.84. The first-order valence-corrected chi connectivity index (χ1v) is 5.54. The molecule has 2 aromatic rings. The molecule has 1 heterocycles. The van der Waals surface area contributed by atoms with Crippen molar-refractivity contribution in [1.82, 2.24) is 9.97 Å². The average molecular weight is 239 g/mol. The molecule has 0 spiro atoms. The Bertz CT molecular complexity index is 609. The summed E-state index contributed by atoms with van der Waals surface area (Å²) in [5, 5.41) is 9.24. The van der Waals surface area contributed by atoms with Gasteiger partial charge in [-0.3, -0.25) is 0 Å². The van der Waals surface area contributed by atoms with Crippen molar-refractivity contribution in [2.24, 2.45) is 0 Å². The van der Waals surface area contributed by atoms with Gasteiger partial charge in [-0.2, -0.15) is 5.26 Å². The van der Waals surface area contributed by atoms with E-state index in [-0.39, 0.29) is 0 Å². The molecule has 18 heavy (non-hydrogen) atoms. The van der Waals surface area contributed by atoms with E-state index in [4.69, 9.17) is 4.74 Å². The van der Waals surface area contributed by atoms with Crippen molar-refractivity contribution >= 4 is 0 Å². The van der Waals surface area contributed by atoms with Crippen LogP contribution >= 0.6 is 0 Å². The van der Waals surface area contributed by atoms with Gasteiger partial charge in [-0.15, -0.1) is 0 Å². The van der Waals surface area contributed by atoms with Gasteiger partial charge in [-0.25, -0.2) is 9.97 Å². The molecule has 1 aromatic heterocycles. The molecule has 2 rings (SSSR count). The maximum absolute atomic E-state index is 9.24. The molecule has 0 unspecified atom stereocenters. The van der Waals surface area contributed by atoms with Crippen LogP contribution in [0.1, 0.15) is 17.0 Å². The van der Waals surface area contributed by atoms with Crippen molar-refractivity contribution in [2.45, 2.75) is 13.8 Å². The summed E-state index contributed by atoms with van der Waals surface area (Å²) in [5.74, 6) is 0.669. The summed E-state index contributed by atoms with van der Waals surface area (Å²) in [7, 11) is 1.58. The van der Waals surface area contributed by atoms with Crippen LogP contribution in [-0.4, -0.2) is 17.1 Å². The molecule has 1 aromatic carbocycles. The molecular weight excluding hydrogens is 226 g/mol. The number of rotatable bonds is 2. The maximum atomic E-state index is 9.24. The SMILES string of the molecule is COc1ccc(-c2c(C)ncnc2C)c(C#N)c1. The van der Waals surface area contributed by atoms with E-state index in [1.165, 1.54) is 6.33 Å². The fourth-order valence-corrected chi connectivity index (χ4v) is 1.94. The summed E-state index contributed by atoms with van der Waals surface area (Å²) >= 11 is 0. The minimum Gasteiger partial charge on any atom is -0.497 e. The zero-order chi connectivity index (χ0) is 13.1. The highest BCUT2D eigenvalue weighted by atomic mass is 16.5. The van der Waals surface area contributed by atoms with Crippen molar-refractivity contribution in [2.75, 3.05) is 7.11 Å². The van der Waals surface area contributed by atoms with Gasteiger partial charge < -0.3 is 4.74 Å². The number of ether oxygens (including phenoxy) is 1.